The van der Waals surface area contributed by atoms with Crippen LogP contribution in [-0.2, 0) is 6.42 Å². The first-order valence-corrected chi connectivity index (χ1v) is 7.46. The summed E-state index contributed by atoms with van der Waals surface area (Å²) >= 11 is 1.70. The molecule has 0 saturated carbocycles. The first kappa shape index (κ1) is 14.5. The lowest BCUT2D eigenvalue weighted by Gasteiger charge is -2.14. The molecule has 1 atom stereocenters. The number of pyridine rings is 1. The van der Waals surface area contributed by atoms with Crippen LogP contribution in [0.2, 0.25) is 0 Å². The van der Waals surface area contributed by atoms with Gasteiger partial charge in [0.1, 0.15) is 16.9 Å². The minimum absolute atomic E-state index is 0.0427. The molecule has 2 aromatic heterocycles. The number of aromatic nitrogens is 2. The topological polar surface area (TPSA) is 61.6 Å². The zero-order chi connectivity index (χ0) is 14.7. The highest BCUT2D eigenvalue weighted by Gasteiger charge is 2.14. The predicted octanol–water partition coefficient (Wildman–Crippen LogP) is 3.76. The van der Waals surface area contributed by atoms with E-state index in [1.165, 1.54) is 4.88 Å². The summed E-state index contributed by atoms with van der Waals surface area (Å²) in [5.74, 6) is 0.644. The summed E-state index contributed by atoms with van der Waals surface area (Å²) in [5.41, 5.74) is 2.46. The van der Waals surface area contributed by atoms with Gasteiger partial charge in [-0.25, -0.2) is 9.97 Å². The summed E-state index contributed by atoms with van der Waals surface area (Å²) in [5, 5.41) is 13.6. The summed E-state index contributed by atoms with van der Waals surface area (Å²) in [4.78, 5) is 10.1. The van der Waals surface area contributed by atoms with E-state index in [-0.39, 0.29) is 6.04 Å². The summed E-state index contributed by atoms with van der Waals surface area (Å²) in [7, 11) is 0. The number of anilines is 1. The quantitative estimate of drug-likeness (QED) is 0.929. The molecule has 0 aliphatic heterocycles. The maximum atomic E-state index is 9.27. The molecule has 20 heavy (non-hydrogen) atoms. The van der Waals surface area contributed by atoms with Crippen LogP contribution in [-0.4, -0.2) is 9.97 Å². The molecule has 0 spiro atoms. The van der Waals surface area contributed by atoms with Crippen molar-refractivity contribution in [1.29, 1.82) is 5.26 Å². The molecule has 1 N–H and O–H groups in total. The highest BCUT2D eigenvalue weighted by molar-refractivity contribution is 7.11. The van der Waals surface area contributed by atoms with Crippen LogP contribution in [0.1, 0.15) is 46.6 Å². The van der Waals surface area contributed by atoms with Gasteiger partial charge in [-0.05, 0) is 38.8 Å². The molecular weight excluding hydrogens is 268 g/mol. The normalized spacial score (nSPS) is 11.9. The van der Waals surface area contributed by atoms with Gasteiger partial charge in [0, 0.05) is 16.8 Å². The molecule has 2 aromatic rings. The Morgan fingerprint density at radius 1 is 1.45 bits per heavy atom. The first-order chi connectivity index (χ1) is 9.55. The minimum atomic E-state index is 0.0427. The Morgan fingerprint density at radius 3 is 2.80 bits per heavy atom. The Balaban J connectivity index is 2.27. The predicted molar refractivity (Wildman–Crippen MR) is 82.0 cm³/mol. The SMILES string of the molecule is CCc1cnc(C(C)Nc2nc(C)cc(C)c2C#N)s1. The number of nitriles is 1. The number of rotatable bonds is 4. The van der Waals surface area contributed by atoms with Gasteiger partial charge >= 0.3 is 0 Å². The molecule has 0 amide bonds. The molecule has 0 aromatic carbocycles. The van der Waals surface area contributed by atoms with Gasteiger partial charge < -0.3 is 5.32 Å². The van der Waals surface area contributed by atoms with Crippen molar-refractivity contribution in [2.45, 2.75) is 40.2 Å². The van der Waals surface area contributed by atoms with Crippen molar-refractivity contribution < 1.29 is 0 Å². The maximum Gasteiger partial charge on any atom is 0.145 e. The monoisotopic (exact) mass is 286 g/mol. The molecular formula is C15H18N4S. The van der Waals surface area contributed by atoms with Crippen LogP contribution in [0.25, 0.3) is 0 Å². The lowest BCUT2D eigenvalue weighted by atomic mass is 10.1. The van der Waals surface area contributed by atoms with Gasteiger partial charge in [0.05, 0.1) is 11.6 Å². The second kappa shape index (κ2) is 6.02. The summed E-state index contributed by atoms with van der Waals surface area (Å²) < 4.78 is 0. The highest BCUT2D eigenvalue weighted by Crippen LogP contribution is 2.26. The fourth-order valence-corrected chi connectivity index (χ4v) is 2.89. The van der Waals surface area contributed by atoms with Crippen molar-refractivity contribution in [1.82, 2.24) is 9.97 Å². The fraction of sp³-hybridized carbons (Fsp3) is 0.400. The maximum absolute atomic E-state index is 9.27. The van der Waals surface area contributed by atoms with Crippen molar-refractivity contribution in [3.8, 4) is 6.07 Å². The zero-order valence-corrected chi connectivity index (χ0v) is 13.0. The van der Waals surface area contributed by atoms with E-state index in [0.717, 1.165) is 22.7 Å². The van der Waals surface area contributed by atoms with E-state index in [1.54, 1.807) is 11.3 Å². The smallest absolute Gasteiger partial charge is 0.145 e. The third-order valence-electron chi connectivity index (χ3n) is 3.10. The first-order valence-electron chi connectivity index (χ1n) is 6.64. The molecule has 0 aliphatic rings. The van der Waals surface area contributed by atoms with E-state index in [1.807, 2.05) is 33.0 Å². The fourth-order valence-electron chi connectivity index (χ4n) is 2.04. The van der Waals surface area contributed by atoms with Gasteiger partial charge in [0.15, 0.2) is 0 Å². The van der Waals surface area contributed by atoms with Crippen molar-refractivity contribution in [2.24, 2.45) is 0 Å². The Labute approximate surface area is 123 Å². The lowest BCUT2D eigenvalue weighted by molar-refractivity contribution is 0.856. The Kier molecular flexibility index (Phi) is 4.35. The molecule has 0 saturated heterocycles. The van der Waals surface area contributed by atoms with Crippen LogP contribution in [0.4, 0.5) is 5.82 Å². The van der Waals surface area contributed by atoms with Crippen LogP contribution < -0.4 is 5.32 Å². The minimum Gasteiger partial charge on any atom is -0.360 e. The Hall–Kier alpha value is -1.93. The molecule has 4 nitrogen and oxygen atoms in total. The molecule has 2 heterocycles. The summed E-state index contributed by atoms with van der Waals surface area (Å²) in [6.07, 6.45) is 2.91. The van der Waals surface area contributed by atoms with Gasteiger partial charge in [0.2, 0.25) is 0 Å². The van der Waals surface area contributed by atoms with Crippen LogP contribution in [0.15, 0.2) is 12.3 Å². The number of nitrogens with one attached hydrogen (secondary N) is 1. The summed E-state index contributed by atoms with van der Waals surface area (Å²) in [6.45, 7) is 8.03. The Bertz CT molecular complexity index is 654. The molecule has 0 fully saturated rings. The number of nitrogens with zero attached hydrogens (tertiary/aromatic N) is 3. The molecule has 104 valence electrons. The molecule has 1 unspecified atom stereocenters. The van der Waals surface area contributed by atoms with E-state index in [0.29, 0.717) is 11.4 Å². The van der Waals surface area contributed by atoms with Gasteiger partial charge in [-0.15, -0.1) is 11.3 Å². The van der Waals surface area contributed by atoms with Crippen LogP contribution in [0.3, 0.4) is 0 Å². The van der Waals surface area contributed by atoms with Crippen molar-refractivity contribution in [3.05, 3.63) is 39.0 Å². The molecule has 2 rings (SSSR count). The second-order valence-electron chi connectivity index (χ2n) is 4.80. The standard InChI is InChI=1S/C15H18N4S/c1-5-12-8-17-15(20-12)11(4)19-14-13(7-16)9(2)6-10(3)18-14/h6,8,11H,5H2,1-4H3,(H,18,19). The van der Waals surface area contributed by atoms with Crippen LogP contribution in [0, 0.1) is 25.2 Å². The van der Waals surface area contributed by atoms with E-state index < -0.39 is 0 Å². The average molecular weight is 286 g/mol. The van der Waals surface area contributed by atoms with Gasteiger partial charge in [0.25, 0.3) is 0 Å². The van der Waals surface area contributed by atoms with Gasteiger partial charge in [-0.3, -0.25) is 0 Å². The van der Waals surface area contributed by atoms with Gasteiger partial charge in [-0.2, -0.15) is 5.26 Å². The molecule has 5 heteroatoms. The van der Waals surface area contributed by atoms with E-state index in [4.69, 9.17) is 0 Å². The van der Waals surface area contributed by atoms with Gasteiger partial charge in [-0.1, -0.05) is 6.92 Å². The third kappa shape index (κ3) is 2.97. The number of hydrogen-bond acceptors (Lipinski definition) is 5. The summed E-state index contributed by atoms with van der Waals surface area (Å²) in [6, 6.07) is 4.19. The van der Waals surface area contributed by atoms with Crippen LogP contribution >= 0.6 is 11.3 Å². The molecule has 0 radical (unpaired) electrons. The van der Waals surface area contributed by atoms with Crippen LogP contribution in [0.5, 0.6) is 0 Å². The van der Waals surface area contributed by atoms with E-state index >= 15 is 0 Å². The molecule has 0 bridgehead atoms. The van der Waals surface area contributed by atoms with Crippen molar-refractivity contribution in [2.75, 3.05) is 5.32 Å². The van der Waals surface area contributed by atoms with Crippen molar-refractivity contribution in [3.63, 3.8) is 0 Å². The number of hydrogen-bond donors (Lipinski definition) is 1. The largest absolute Gasteiger partial charge is 0.360 e. The number of aryl methyl sites for hydroxylation is 3. The number of thiazole rings is 1. The zero-order valence-electron chi connectivity index (χ0n) is 12.2. The highest BCUT2D eigenvalue weighted by atomic mass is 32.1. The van der Waals surface area contributed by atoms with E-state index in [2.05, 4.69) is 28.3 Å². The third-order valence-corrected chi connectivity index (χ3v) is 4.42. The lowest BCUT2D eigenvalue weighted by Crippen LogP contribution is -2.10. The van der Waals surface area contributed by atoms with Crippen molar-refractivity contribution >= 4 is 17.2 Å². The molecule has 0 aliphatic carbocycles. The van der Waals surface area contributed by atoms with E-state index in [9.17, 15) is 5.26 Å². The average Bonchev–Trinajstić information content (AvgIpc) is 2.87. The second-order valence-corrected chi connectivity index (χ2v) is 5.95. The Morgan fingerprint density at radius 2 is 2.20 bits per heavy atom.